The van der Waals surface area contributed by atoms with Gasteiger partial charge in [0.15, 0.2) is 0 Å². The van der Waals surface area contributed by atoms with Gasteiger partial charge in [-0.15, -0.1) is 0 Å². The molecule has 0 unspecified atom stereocenters. The molecule has 0 saturated carbocycles. The molecule has 0 saturated heterocycles. The van der Waals surface area contributed by atoms with Crippen LogP contribution in [0.25, 0.3) is 10.9 Å². The Morgan fingerprint density at radius 2 is 2.24 bits per heavy atom. The predicted octanol–water partition coefficient (Wildman–Crippen LogP) is 0.631. The van der Waals surface area contributed by atoms with Gasteiger partial charge < -0.3 is 11.1 Å². The Balaban J connectivity index is 2.24. The third-order valence-corrected chi connectivity index (χ3v) is 2.63. The number of para-hydroxylation sites is 1. The first-order valence-corrected chi connectivity index (χ1v) is 5.65. The summed E-state index contributed by atoms with van der Waals surface area (Å²) in [6, 6.07) is 8.07. The van der Waals surface area contributed by atoms with Crippen molar-refractivity contribution in [2.24, 2.45) is 5.73 Å². The van der Waals surface area contributed by atoms with Gasteiger partial charge in [0.25, 0.3) is 0 Å². The van der Waals surface area contributed by atoms with Crippen molar-refractivity contribution < 1.29 is 4.79 Å². The zero-order valence-electron chi connectivity index (χ0n) is 9.81. The summed E-state index contributed by atoms with van der Waals surface area (Å²) in [5.41, 5.74) is 7.14. The number of carbonyl (C=O) groups is 1. The topological polar surface area (TPSA) is 72.9 Å². The average molecular weight is 232 g/mol. The number of hydrogen-bond donors (Lipinski definition) is 2. The van der Waals surface area contributed by atoms with Crippen molar-refractivity contribution in [3.05, 3.63) is 30.0 Å². The molecule has 1 aromatic heterocycles. The minimum atomic E-state index is -0.357. The molecular formula is C12H16N4O. The lowest BCUT2D eigenvalue weighted by atomic mass is 10.2. The highest BCUT2D eigenvalue weighted by molar-refractivity contribution is 5.82. The summed E-state index contributed by atoms with van der Waals surface area (Å²) in [6.45, 7) is 3.61. The van der Waals surface area contributed by atoms with Crippen LogP contribution in [-0.4, -0.2) is 22.2 Å². The summed E-state index contributed by atoms with van der Waals surface area (Å²) < 4.78 is 1.95. The Bertz CT molecular complexity index is 532. The molecule has 0 atom stereocenters. The molecule has 90 valence electrons. The average Bonchev–Trinajstić information content (AvgIpc) is 2.68. The molecule has 1 heterocycles. The van der Waals surface area contributed by atoms with Gasteiger partial charge in [0.2, 0.25) is 5.91 Å². The standard InChI is InChI=1S/C12H16N4O/c1-2-16-11-6-4-3-5-9(11)10(15-16)7-14-8-12(13)17/h3-6,14H,2,7-8H2,1H3,(H2,13,17). The van der Waals surface area contributed by atoms with E-state index in [9.17, 15) is 4.79 Å². The van der Waals surface area contributed by atoms with Gasteiger partial charge in [0.05, 0.1) is 17.8 Å². The fourth-order valence-electron chi connectivity index (χ4n) is 1.87. The molecule has 0 bridgehead atoms. The van der Waals surface area contributed by atoms with Gasteiger partial charge in [-0.2, -0.15) is 5.10 Å². The fraction of sp³-hybridized carbons (Fsp3) is 0.333. The van der Waals surface area contributed by atoms with Crippen molar-refractivity contribution in [3.8, 4) is 0 Å². The second-order valence-corrected chi connectivity index (χ2v) is 3.85. The van der Waals surface area contributed by atoms with E-state index in [-0.39, 0.29) is 12.5 Å². The van der Waals surface area contributed by atoms with E-state index in [4.69, 9.17) is 5.73 Å². The molecule has 3 N–H and O–H groups in total. The van der Waals surface area contributed by atoms with Crippen molar-refractivity contribution in [3.63, 3.8) is 0 Å². The highest BCUT2D eigenvalue weighted by Crippen LogP contribution is 2.17. The normalized spacial score (nSPS) is 10.9. The van der Waals surface area contributed by atoms with E-state index in [1.54, 1.807) is 0 Å². The van der Waals surface area contributed by atoms with Crippen LogP contribution in [0.5, 0.6) is 0 Å². The molecule has 0 aliphatic carbocycles. The summed E-state index contributed by atoms with van der Waals surface area (Å²) >= 11 is 0. The first kappa shape index (κ1) is 11.6. The number of aryl methyl sites for hydroxylation is 1. The van der Waals surface area contributed by atoms with Crippen molar-refractivity contribution in [1.82, 2.24) is 15.1 Å². The lowest BCUT2D eigenvalue weighted by molar-refractivity contribution is -0.117. The van der Waals surface area contributed by atoms with Crippen molar-refractivity contribution in [2.45, 2.75) is 20.0 Å². The van der Waals surface area contributed by atoms with Gasteiger partial charge in [-0.1, -0.05) is 18.2 Å². The molecule has 0 radical (unpaired) electrons. The van der Waals surface area contributed by atoms with Crippen molar-refractivity contribution in [2.75, 3.05) is 6.54 Å². The van der Waals surface area contributed by atoms with E-state index in [1.807, 2.05) is 28.9 Å². The number of aromatic nitrogens is 2. The highest BCUT2D eigenvalue weighted by Gasteiger charge is 2.08. The molecule has 1 aromatic carbocycles. The van der Waals surface area contributed by atoms with E-state index in [0.29, 0.717) is 6.54 Å². The summed E-state index contributed by atoms with van der Waals surface area (Å²) in [5.74, 6) is -0.357. The molecule has 0 aliphatic heterocycles. The first-order valence-electron chi connectivity index (χ1n) is 5.65. The number of nitrogens with zero attached hydrogens (tertiary/aromatic N) is 2. The molecule has 2 aromatic rings. The maximum absolute atomic E-state index is 10.6. The number of nitrogens with one attached hydrogen (secondary N) is 1. The molecular weight excluding hydrogens is 216 g/mol. The van der Waals surface area contributed by atoms with Crippen LogP contribution in [0.1, 0.15) is 12.6 Å². The molecule has 2 rings (SSSR count). The number of fused-ring (bicyclic) bond motifs is 1. The quantitative estimate of drug-likeness (QED) is 0.794. The van der Waals surface area contributed by atoms with Crippen molar-refractivity contribution in [1.29, 1.82) is 0 Å². The number of rotatable bonds is 5. The maximum Gasteiger partial charge on any atom is 0.231 e. The zero-order chi connectivity index (χ0) is 12.3. The van der Waals surface area contributed by atoms with Crippen LogP contribution in [0, 0.1) is 0 Å². The zero-order valence-corrected chi connectivity index (χ0v) is 9.81. The van der Waals surface area contributed by atoms with Crippen LogP contribution in [-0.2, 0) is 17.9 Å². The summed E-state index contributed by atoms with van der Waals surface area (Å²) in [5, 5.41) is 8.60. The second-order valence-electron chi connectivity index (χ2n) is 3.85. The van der Waals surface area contributed by atoms with Crippen LogP contribution < -0.4 is 11.1 Å². The van der Waals surface area contributed by atoms with Crippen LogP contribution in [0.2, 0.25) is 0 Å². The van der Waals surface area contributed by atoms with E-state index in [1.165, 1.54) is 0 Å². The lowest BCUT2D eigenvalue weighted by Gasteiger charge is -1.98. The van der Waals surface area contributed by atoms with E-state index >= 15 is 0 Å². The van der Waals surface area contributed by atoms with Crippen molar-refractivity contribution >= 4 is 16.8 Å². The fourth-order valence-corrected chi connectivity index (χ4v) is 1.87. The highest BCUT2D eigenvalue weighted by atomic mass is 16.1. The number of nitrogens with two attached hydrogens (primary N) is 1. The molecule has 5 heteroatoms. The third-order valence-electron chi connectivity index (χ3n) is 2.63. The Morgan fingerprint density at radius 3 is 2.94 bits per heavy atom. The maximum atomic E-state index is 10.6. The van der Waals surface area contributed by atoms with Crippen LogP contribution in [0.4, 0.5) is 0 Å². The SMILES string of the molecule is CCn1nc(CNCC(N)=O)c2ccccc21. The third kappa shape index (κ3) is 2.45. The molecule has 0 spiro atoms. The number of hydrogen-bond acceptors (Lipinski definition) is 3. The monoisotopic (exact) mass is 232 g/mol. The van der Waals surface area contributed by atoms with Crippen LogP contribution >= 0.6 is 0 Å². The molecule has 17 heavy (non-hydrogen) atoms. The van der Waals surface area contributed by atoms with Gasteiger partial charge in [0, 0.05) is 18.5 Å². The second kappa shape index (κ2) is 4.97. The molecule has 0 fully saturated rings. The van der Waals surface area contributed by atoms with Gasteiger partial charge >= 0.3 is 0 Å². The predicted molar refractivity (Wildman–Crippen MR) is 66.3 cm³/mol. The number of benzene rings is 1. The summed E-state index contributed by atoms with van der Waals surface area (Å²) in [7, 11) is 0. The molecule has 1 amide bonds. The lowest BCUT2D eigenvalue weighted by Crippen LogP contribution is -2.28. The van der Waals surface area contributed by atoms with E-state index in [2.05, 4.69) is 17.3 Å². The van der Waals surface area contributed by atoms with Gasteiger partial charge in [-0.05, 0) is 13.0 Å². The smallest absolute Gasteiger partial charge is 0.231 e. The number of primary amides is 1. The van der Waals surface area contributed by atoms with Crippen LogP contribution in [0.3, 0.4) is 0 Å². The van der Waals surface area contributed by atoms with Gasteiger partial charge in [-0.25, -0.2) is 0 Å². The summed E-state index contributed by atoms with van der Waals surface area (Å²) in [4.78, 5) is 10.6. The first-order chi connectivity index (χ1) is 8.22. The Labute approximate surface area is 99.6 Å². The number of carbonyl (C=O) groups excluding carboxylic acids is 1. The minimum absolute atomic E-state index is 0.174. The van der Waals surface area contributed by atoms with Gasteiger partial charge in [0.1, 0.15) is 0 Å². The van der Waals surface area contributed by atoms with Crippen LogP contribution in [0.15, 0.2) is 24.3 Å². The summed E-state index contributed by atoms with van der Waals surface area (Å²) in [6.07, 6.45) is 0. The minimum Gasteiger partial charge on any atom is -0.369 e. The molecule has 5 nitrogen and oxygen atoms in total. The Kier molecular flexibility index (Phi) is 3.39. The van der Waals surface area contributed by atoms with Gasteiger partial charge in [-0.3, -0.25) is 9.48 Å². The van der Waals surface area contributed by atoms with E-state index < -0.39 is 0 Å². The Morgan fingerprint density at radius 1 is 1.47 bits per heavy atom. The number of amides is 1. The largest absolute Gasteiger partial charge is 0.369 e. The van der Waals surface area contributed by atoms with E-state index in [0.717, 1.165) is 23.1 Å². The Hall–Kier alpha value is -1.88. The molecule has 0 aliphatic rings.